The standard InChI is InChI=1S/C11H9FN2S/c1-2-6-3-4-8(12)10-9(6)7(5-13)11(14)15-10/h3-4H,2,14H2,1H3. The fourth-order valence-electron chi connectivity index (χ4n) is 1.66. The molecule has 0 aliphatic heterocycles. The van der Waals surface area contributed by atoms with Crippen molar-refractivity contribution in [3.63, 3.8) is 0 Å². The molecule has 0 aliphatic carbocycles. The van der Waals surface area contributed by atoms with Gasteiger partial charge < -0.3 is 5.73 Å². The van der Waals surface area contributed by atoms with Crippen LogP contribution in [0.5, 0.6) is 0 Å². The molecule has 2 nitrogen and oxygen atoms in total. The van der Waals surface area contributed by atoms with Crippen LogP contribution in [-0.2, 0) is 6.42 Å². The van der Waals surface area contributed by atoms with Crippen LogP contribution in [0.1, 0.15) is 18.1 Å². The zero-order valence-electron chi connectivity index (χ0n) is 8.17. The monoisotopic (exact) mass is 220 g/mol. The number of rotatable bonds is 1. The van der Waals surface area contributed by atoms with Crippen LogP contribution in [0.15, 0.2) is 12.1 Å². The zero-order valence-corrected chi connectivity index (χ0v) is 8.99. The van der Waals surface area contributed by atoms with Crippen molar-refractivity contribution in [2.45, 2.75) is 13.3 Å². The second-order valence-electron chi connectivity index (χ2n) is 3.22. The molecule has 0 bridgehead atoms. The van der Waals surface area contributed by atoms with Crippen LogP contribution in [0, 0.1) is 17.1 Å². The predicted molar refractivity (Wildman–Crippen MR) is 60.3 cm³/mol. The number of hydrogen-bond acceptors (Lipinski definition) is 3. The number of anilines is 1. The highest BCUT2D eigenvalue weighted by Crippen LogP contribution is 2.36. The number of nitrogens with two attached hydrogens (primary N) is 1. The number of hydrogen-bond donors (Lipinski definition) is 1. The summed E-state index contributed by atoms with van der Waals surface area (Å²) in [5.74, 6) is -0.305. The van der Waals surface area contributed by atoms with Gasteiger partial charge in [0.15, 0.2) is 0 Å². The second kappa shape index (κ2) is 3.52. The molecule has 0 fully saturated rings. The smallest absolute Gasteiger partial charge is 0.141 e. The number of aryl methyl sites for hydroxylation is 1. The molecule has 1 aromatic carbocycles. The van der Waals surface area contributed by atoms with Crippen molar-refractivity contribution in [1.29, 1.82) is 5.26 Å². The highest BCUT2D eigenvalue weighted by Gasteiger charge is 2.15. The lowest BCUT2D eigenvalue weighted by Gasteiger charge is -2.00. The molecule has 1 aromatic heterocycles. The van der Waals surface area contributed by atoms with Gasteiger partial charge in [0.05, 0.1) is 10.3 Å². The lowest BCUT2D eigenvalue weighted by Crippen LogP contribution is -1.87. The van der Waals surface area contributed by atoms with Crippen LogP contribution in [0.2, 0.25) is 0 Å². The maximum atomic E-state index is 13.5. The van der Waals surface area contributed by atoms with Gasteiger partial charge in [0, 0.05) is 5.39 Å². The summed E-state index contributed by atoms with van der Waals surface area (Å²) >= 11 is 1.14. The average molecular weight is 220 g/mol. The summed E-state index contributed by atoms with van der Waals surface area (Å²) in [6, 6.07) is 5.18. The van der Waals surface area contributed by atoms with Gasteiger partial charge in [-0.05, 0) is 18.1 Å². The Balaban J connectivity index is 2.97. The Morgan fingerprint density at radius 2 is 2.27 bits per heavy atom. The molecule has 76 valence electrons. The van der Waals surface area contributed by atoms with Gasteiger partial charge in [-0.15, -0.1) is 11.3 Å². The highest BCUT2D eigenvalue weighted by atomic mass is 32.1. The first-order valence-corrected chi connectivity index (χ1v) is 5.40. The van der Waals surface area contributed by atoms with Crippen LogP contribution in [-0.4, -0.2) is 0 Å². The van der Waals surface area contributed by atoms with E-state index in [0.717, 1.165) is 23.3 Å². The lowest BCUT2D eigenvalue weighted by molar-refractivity contribution is 0.641. The van der Waals surface area contributed by atoms with E-state index in [1.807, 2.05) is 13.0 Å². The largest absolute Gasteiger partial charge is 0.389 e. The van der Waals surface area contributed by atoms with Gasteiger partial charge in [0.1, 0.15) is 16.9 Å². The predicted octanol–water partition coefficient (Wildman–Crippen LogP) is 3.06. The second-order valence-corrected chi connectivity index (χ2v) is 4.27. The van der Waals surface area contributed by atoms with E-state index < -0.39 is 0 Å². The molecule has 0 saturated carbocycles. The Bertz CT molecular complexity index is 566. The van der Waals surface area contributed by atoms with Crippen LogP contribution in [0.4, 0.5) is 9.39 Å². The molecule has 15 heavy (non-hydrogen) atoms. The fraction of sp³-hybridized carbons (Fsp3) is 0.182. The van der Waals surface area contributed by atoms with Crippen molar-refractivity contribution in [3.8, 4) is 6.07 Å². The molecule has 2 rings (SSSR count). The molecular weight excluding hydrogens is 211 g/mol. The topological polar surface area (TPSA) is 49.8 Å². The van der Waals surface area contributed by atoms with Gasteiger partial charge in [-0.25, -0.2) is 4.39 Å². The number of nitrogens with zero attached hydrogens (tertiary/aromatic N) is 1. The Kier molecular flexibility index (Phi) is 2.33. The summed E-state index contributed by atoms with van der Waals surface area (Å²) in [5, 5.41) is 10.0. The summed E-state index contributed by atoms with van der Waals surface area (Å²) < 4.78 is 14.0. The first kappa shape index (κ1) is 9.94. The van der Waals surface area contributed by atoms with Gasteiger partial charge in [-0.3, -0.25) is 0 Å². The summed E-state index contributed by atoms with van der Waals surface area (Å²) in [4.78, 5) is 0. The van der Waals surface area contributed by atoms with Crippen LogP contribution < -0.4 is 5.73 Å². The molecule has 0 aliphatic rings. The Hall–Kier alpha value is -1.60. The first-order valence-electron chi connectivity index (χ1n) is 4.58. The summed E-state index contributed by atoms with van der Waals surface area (Å²) in [7, 11) is 0. The van der Waals surface area contributed by atoms with E-state index in [9.17, 15) is 4.39 Å². The summed E-state index contributed by atoms with van der Waals surface area (Å²) in [5.41, 5.74) is 7.06. The number of fused-ring (bicyclic) bond motifs is 1. The van der Waals surface area contributed by atoms with Crippen LogP contribution >= 0.6 is 11.3 Å². The maximum Gasteiger partial charge on any atom is 0.141 e. The molecule has 2 N–H and O–H groups in total. The maximum absolute atomic E-state index is 13.5. The first-order chi connectivity index (χ1) is 7.19. The minimum Gasteiger partial charge on any atom is -0.389 e. The average Bonchev–Trinajstić information content (AvgIpc) is 2.56. The van der Waals surface area contributed by atoms with Gasteiger partial charge in [-0.2, -0.15) is 5.26 Å². The van der Waals surface area contributed by atoms with Crippen molar-refractivity contribution in [2.75, 3.05) is 5.73 Å². The molecule has 0 spiro atoms. The van der Waals surface area contributed by atoms with Crippen molar-refractivity contribution >= 4 is 26.4 Å². The number of benzene rings is 1. The molecule has 0 amide bonds. The Morgan fingerprint density at radius 1 is 1.53 bits per heavy atom. The highest BCUT2D eigenvalue weighted by molar-refractivity contribution is 7.23. The van der Waals surface area contributed by atoms with E-state index in [2.05, 4.69) is 0 Å². The van der Waals surface area contributed by atoms with E-state index in [0.29, 0.717) is 20.7 Å². The van der Waals surface area contributed by atoms with Gasteiger partial charge >= 0.3 is 0 Å². The molecule has 0 radical (unpaired) electrons. The van der Waals surface area contributed by atoms with E-state index in [1.165, 1.54) is 6.07 Å². The number of nitriles is 1. The summed E-state index contributed by atoms with van der Waals surface area (Å²) in [6.07, 6.45) is 0.766. The lowest BCUT2D eigenvalue weighted by atomic mass is 10.0. The minimum absolute atomic E-state index is 0.305. The third-order valence-electron chi connectivity index (χ3n) is 2.40. The number of thiophene rings is 1. The van der Waals surface area contributed by atoms with Crippen molar-refractivity contribution < 1.29 is 4.39 Å². The minimum atomic E-state index is -0.305. The zero-order chi connectivity index (χ0) is 11.0. The van der Waals surface area contributed by atoms with Gasteiger partial charge in [0.25, 0.3) is 0 Å². The normalized spacial score (nSPS) is 10.5. The molecular formula is C11H9FN2S. The quantitative estimate of drug-likeness (QED) is 0.803. The fourth-order valence-corrected chi connectivity index (χ4v) is 2.63. The van der Waals surface area contributed by atoms with Crippen LogP contribution in [0.25, 0.3) is 10.1 Å². The SMILES string of the molecule is CCc1ccc(F)c2sc(N)c(C#N)c12. The third-order valence-corrected chi connectivity index (χ3v) is 3.42. The number of nitrogen functional groups attached to an aromatic ring is 1. The Morgan fingerprint density at radius 3 is 2.87 bits per heavy atom. The van der Waals surface area contributed by atoms with E-state index in [-0.39, 0.29) is 5.82 Å². The molecule has 4 heteroatoms. The van der Waals surface area contributed by atoms with Gasteiger partial charge in [0.2, 0.25) is 0 Å². The van der Waals surface area contributed by atoms with Crippen LogP contribution in [0.3, 0.4) is 0 Å². The summed E-state index contributed by atoms with van der Waals surface area (Å²) in [6.45, 7) is 1.97. The van der Waals surface area contributed by atoms with Crippen molar-refractivity contribution in [1.82, 2.24) is 0 Å². The van der Waals surface area contributed by atoms with Gasteiger partial charge in [-0.1, -0.05) is 13.0 Å². The Labute approximate surface area is 90.7 Å². The third kappa shape index (κ3) is 1.36. The van der Waals surface area contributed by atoms with E-state index in [4.69, 9.17) is 11.0 Å². The van der Waals surface area contributed by atoms with Crippen molar-refractivity contribution in [2.24, 2.45) is 0 Å². The molecule has 0 atom stereocenters. The molecule has 0 saturated heterocycles. The van der Waals surface area contributed by atoms with Crippen molar-refractivity contribution in [3.05, 3.63) is 29.1 Å². The molecule has 0 unspecified atom stereocenters. The molecule has 2 aromatic rings. The van der Waals surface area contributed by atoms with E-state index in [1.54, 1.807) is 6.07 Å². The molecule has 1 heterocycles. The van der Waals surface area contributed by atoms with E-state index >= 15 is 0 Å². The number of halogens is 1.